The van der Waals surface area contributed by atoms with Crippen LogP contribution in [0.4, 0.5) is 24.8 Å². The maximum Gasteiger partial charge on any atom is 0.394 e. The molecule has 7 rings (SSSR count). The summed E-state index contributed by atoms with van der Waals surface area (Å²) < 4.78 is 42.1. The van der Waals surface area contributed by atoms with E-state index in [1.807, 2.05) is 24.2 Å². The zero-order valence-electron chi connectivity index (χ0n) is 18.2. The second-order valence-corrected chi connectivity index (χ2v) is 9.99. The van der Waals surface area contributed by atoms with Crippen LogP contribution in [0.2, 0.25) is 0 Å². The fraction of sp³-hybridized carbons (Fsp3) is 0.565. The highest BCUT2D eigenvalue weighted by Crippen LogP contribution is 2.68. The van der Waals surface area contributed by atoms with Gasteiger partial charge in [-0.2, -0.15) is 18.3 Å². The number of alkyl halides is 3. The molecule has 3 aliphatic carbocycles. The fourth-order valence-electron chi connectivity index (χ4n) is 6.39. The SMILES string of the molecule is Cn1cc(Nc2nccc(C3=CC4CCC(C3)N4C(=O)C3CC4(C(F)(F)F)CC3C4)n2)cn1. The van der Waals surface area contributed by atoms with Gasteiger partial charge in [-0.15, -0.1) is 0 Å². The number of nitrogens with one attached hydrogen (secondary N) is 1. The third-order valence-electron chi connectivity index (χ3n) is 8.00. The van der Waals surface area contributed by atoms with Gasteiger partial charge in [0.05, 0.1) is 29.0 Å². The zero-order valence-corrected chi connectivity index (χ0v) is 18.2. The van der Waals surface area contributed by atoms with Gasteiger partial charge in [0, 0.05) is 31.4 Å². The Balaban J connectivity index is 1.19. The van der Waals surface area contributed by atoms with Gasteiger partial charge in [0.1, 0.15) is 0 Å². The first-order valence-electron chi connectivity index (χ1n) is 11.4. The van der Waals surface area contributed by atoms with Crippen LogP contribution in [0.3, 0.4) is 0 Å². The number of rotatable bonds is 4. The molecule has 4 heterocycles. The number of carbonyl (C=O) groups is 1. The molecule has 5 aliphatic rings. The number of anilines is 2. The summed E-state index contributed by atoms with van der Waals surface area (Å²) in [6.45, 7) is 0. The minimum Gasteiger partial charge on any atom is -0.333 e. The lowest BCUT2D eigenvalue weighted by molar-refractivity contribution is -0.244. The van der Waals surface area contributed by atoms with Crippen molar-refractivity contribution < 1.29 is 18.0 Å². The predicted octanol–water partition coefficient (Wildman–Crippen LogP) is 4.08. The molecule has 0 aromatic carbocycles. The number of hydrogen-bond acceptors (Lipinski definition) is 5. The van der Waals surface area contributed by atoms with Crippen molar-refractivity contribution in [1.29, 1.82) is 0 Å². The molecule has 3 unspecified atom stereocenters. The van der Waals surface area contributed by atoms with Crippen molar-refractivity contribution in [2.24, 2.45) is 24.3 Å². The van der Waals surface area contributed by atoms with Gasteiger partial charge in [-0.05, 0) is 56.1 Å². The number of halogens is 3. The molecule has 7 nitrogen and oxygen atoms in total. The van der Waals surface area contributed by atoms with Crippen LogP contribution in [0, 0.1) is 17.3 Å². The molecular formula is C23H25F3N6O. The average molecular weight is 458 g/mol. The molecule has 0 radical (unpaired) electrons. The number of fused-ring (bicyclic) bond motifs is 3. The lowest BCUT2D eigenvalue weighted by atomic mass is 9.69. The van der Waals surface area contributed by atoms with E-state index in [9.17, 15) is 18.0 Å². The topological polar surface area (TPSA) is 75.9 Å². The minimum atomic E-state index is -4.21. The lowest BCUT2D eigenvalue weighted by Crippen LogP contribution is -2.46. The van der Waals surface area contributed by atoms with Gasteiger partial charge in [-0.25, -0.2) is 9.97 Å². The maximum absolute atomic E-state index is 13.5. The average Bonchev–Trinajstić information content (AvgIpc) is 3.49. The number of hydrogen-bond donors (Lipinski definition) is 1. The van der Waals surface area contributed by atoms with E-state index in [2.05, 4.69) is 26.5 Å². The van der Waals surface area contributed by atoms with Crippen molar-refractivity contribution in [3.8, 4) is 0 Å². The Labute approximate surface area is 189 Å². The van der Waals surface area contributed by atoms with Crippen molar-refractivity contribution in [2.45, 2.75) is 56.8 Å². The second-order valence-electron chi connectivity index (χ2n) is 9.99. The highest BCUT2D eigenvalue weighted by Gasteiger charge is 2.70. The normalized spacial score (nSPS) is 32.5. The summed E-state index contributed by atoms with van der Waals surface area (Å²) >= 11 is 0. The second kappa shape index (κ2) is 7.04. The van der Waals surface area contributed by atoms with E-state index in [1.165, 1.54) is 0 Å². The Morgan fingerprint density at radius 2 is 2.06 bits per heavy atom. The van der Waals surface area contributed by atoms with Crippen LogP contribution in [0.1, 0.15) is 44.2 Å². The first-order chi connectivity index (χ1) is 15.7. The first kappa shape index (κ1) is 20.7. The van der Waals surface area contributed by atoms with E-state index >= 15 is 0 Å². The Hall–Kier alpha value is -2.91. The molecule has 3 atom stereocenters. The van der Waals surface area contributed by atoms with Crippen molar-refractivity contribution in [1.82, 2.24) is 24.6 Å². The van der Waals surface area contributed by atoms with Crippen LogP contribution < -0.4 is 5.32 Å². The smallest absolute Gasteiger partial charge is 0.333 e. The summed E-state index contributed by atoms with van der Waals surface area (Å²) in [5, 5.41) is 7.27. The highest BCUT2D eigenvalue weighted by molar-refractivity contribution is 5.83. The molecule has 1 saturated heterocycles. The maximum atomic E-state index is 13.5. The van der Waals surface area contributed by atoms with Gasteiger partial charge >= 0.3 is 6.18 Å². The molecule has 2 aromatic rings. The van der Waals surface area contributed by atoms with E-state index < -0.39 is 17.5 Å². The molecule has 2 aliphatic heterocycles. The van der Waals surface area contributed by atoms with E-state index in [1.54, 1.807) is 17.1 Å². The summed E-state index contributed by atoms with van der Waals surface area (Å²) in [5.74, 6) is -0.214. The molecule has 1 N–H and O–H groups in total. The first-order valence-corrected chi connectivity index (χ1v) is 11.4. The molecule has 33 heavy (non-hydrogen) atoms. The van der Waals surface area contributed by atoms with Crippen molar-refractivity contribution in [3.63, 3.8) is 0 Å². The van der Waals surface area contributed by atoms with Gasteiger partial charge in [-0.3, -0.25) is 9.48 Å². The summed E-state index contributed by atoms with van der Waals surface area (Å²) in [5.41, 5.74) is 1.04. The predicted molar refractivity (Wildman–Crippen MR) is 114 cm³/mol. The van der Waals surface area contributed by atoms with Gasteiger partial charge < -0.3 is 10.2 Å². The zero-order chi connectivity index (χ0) is 23.0. The quantitative estimate of drug-likeness (QED) is 0.747. The molecule has 3 saturated carbocycles. The molecule has 0 spiro atoms. The van der Waals surface area contributed by atoms with E-state index in [4.69, 9.17) is 0 Å². The number of amides is 1. The Morgan fingerprint density at radius 3 is 2.73 bits per heavy atom. The van der Waals surface area contributed by atoms with Crippen LogP contribution >= 0.6 is 0 Å². The van der Waals surface area contributed by atoms with Gasteiger partial charge in [0.15, 0.2) is 0 Å². The lowest BCUT2D eigenvalue weighted by Gasteiger charge is -2.40. The van der Waals surface area contributed by atoms with E-state index in [-0.39, 0.29) is 43.2 Å². The van der Waals surface area contributed by atoms with Gasteiger partial charge in [0.25, 0.3) is 0 Å². The molecule has 1 amide bonds. The fourth-order valence-corrected chi connectivity index (χ4v) is 6.39. The number of aromatic nitrogens is 4. The van der Waals surface area contributed by atoms with Crippen LogP contribution in [-0.2, 0) is 11.8 Å². The summed E-state index contributed by atoms with van der Waals surface area (Å²) in [6, 6.07) is 1.80. The third-order valence-corrected chi connectivity index (χ3v) is 8.00. The minimum absolute atomic E-state index is 0.0202. The molecule has 4 fully saturated rings. The largest absolute Gasteiger partial charge is 0.394 e. The van der Waals surface area contributed by atoms with Crippen LogP contribution in [-0.4, -0.2) is 48.8 Å². The number of aryl methyl sites for hydroxylation is 1. The highest BCUT2D eigenvalue weighted by atomic mass is 19.4. The Kier molecular flexibility index (Phi) is 4.41. The van der Waals surface area contributed by atoms with Crippen LogP contribution in [0.15, 0.2) is 30.7 Å². The Bertz CT molecular complexity index is 1140. The number of carbonyl (C=O) groups excluding carboxylic acids is 1. The van der Waals surface area contributed by atoms with E-state index in [0.717, 1.165) is 29.8 Å². The standard InChI is InChI=1S/C23H25F3N6O/c1-31-12-15(11-28-31)29-21-27-5-4-19(30-21)13-6-16-2-3-17(7-13)32(16)20(33)18-10-22(23(24,25)26)8-14(18)9-22/h4-6,11-12,14,16-18H,2-3,7-10H2,1H3,(H,27,29,30). The molecule has 10 heteroatoms. The van der Waals surface area contributed by atoms with Crippen LogP contribution in [0.25, 0.3) is 5.57 Å². The third kappa shape index (κ3) is 3.25. The molecular weight excluding hydrogens is 433 g/mol. The van der Waals surface area contributed by atoms with Crippen molar-refractivity contribution >= 4 is 23.1 Å². The summed E-state index contributed by atoms with van der Waals surface area (Å²) in [6.07, 6.45) is 5.65. The number of nitrogens with zero attached hydrogens (tertiary/aromatic N) is 5. The van der Waals surface area contributed by atoms with Crippen LogP contribution in [0.5, 0.6) is 0 Å². The van der Waals surface area contributed by atoms with Crippen molar-refractivity contribution in [2.75, 3.05) is 5.32 Å². The van der Waals surface area contributed by atoms with Gasteiger partial charge in [0.2, 0.25) is 11.9 Å². The van der Waals surface area contributed by atoms with E-state index in [0.29, 0.717) is 12.4 Å². The van der Waals surface area contributed by atoms with Crippen molar-refractivity contribution in [3.05, 3.63) is 36.4 Å². The van der Waals surface area contributed by atoms with Gasteiger partial charge in [-0.1, -0.05) is 6.08 Å². The molecule has 4 bridgehead atoms. The summed E-state index contributed by atoms with van der Waals surface area (Å²) in [7, 11) is 1.83. The monoisotopic (exact) mass is 458 g/mol. The summed E-state index contributed by atoms with van der Waals surface area (Å²) in [4.78, 5) is 24.2. The molecule has 174 valence electrons. The Morgan fingerprint density at radius 1 is 1.24 bits per heavy atom. The molecule has 2 aromatic heterocycles.